The molecule has 0 atom stereocenters. The molecule has 12 rings (SSSR count). The molecule has 3 heterocycles. The van der Waals surface area contributed by atoms with Crippen molar-refractivity contribution in [3.05, 3.63) is 186 Å². The van der Waals surface area contributed by atoms with Crippen LogP contribution in [-0.4, -0.2) is 14.0 Å². The van der Waals surface area contributed by atoms with Gasteiger partial charge in [0.25, 0.3) is 0 Å². The minimum atomic E-state index is -0.403. The summed E-state index contributed by atoms with van der Waals surface area (Å²) in [6, 6.07) is 60.3. The zero-order valence-electron chi connectivity index (χ0n) is 26.4. The number of imidazole rings is 1. The van der Waals surface area contributed by atoms with Gasteiger partial charge in [0.05, 0.1) is 22.1 Å². The van der Waals surface area contributed by atoms with Crippen LogP contribution in [0.25, 0.3) is 77.3 Å². The average Bonchev–Trinajstić information content (AvgIpc) is 3.89. The van der Waals surface area contributed by atoms with Gasteiger partial charge in [0.2, 0.25) is 0 Å². The van der Waals surface area contributed by atoms with Crippen LogP contribution in [0.5, 0.6) is 0 Å². The Hall–Kier alpha value is -6.45. The molecular formula is C46H27N3. The first-order valence-corrected chi connectivity index (χ1v) is 17.0. The van der Waals surface area contributed by atoms with Crippen molar-refractivity contribution in [3.8, 4) is 27.9 Å². The molecule has 0 unspecified atom stereocenters. The minimum Gasteiger partial charge on any atom is -0.293 e. The molecule has 0 amide bonds. The number of benzene rings is 7. The van der Waals surface area contributed by atoms with E-state index in [0.29, 0.717) is 0 Å². The number of hydrogen-bond acceptors (Lipinski definition) is 1. The van der Waals surface area contributed by atoms with Gasteiger partial charge in [-0.1, -0.05) is 146 Å². The molecule has 226 valence electrons. The molecule has 0 bridgehead atoms. The van der Waals surface area contributed by atoms with Gasteiger partial charge in [-0.05, 0) is 62.5 Å². The summed E-state index contributed by atoms with van der Waals surface area (Å²) in [4.78, 5) is 5.48. The Morgan fingerprint density at radius 2 is 0.939 bits per heavy atom. The molecule has 3 nitrogen and oxygen atoms in total. The lowest BCUT2D eigenvalue weighted by atomic mass is 9.70. The molecule has 49 heavy (non-hydrogen) atoms. The van der Waals surface area contributed by atoms with Gasteiger partial charge in [-0.2, -0.15) is 0 Å². The lowest BCUT2D eigenvalue weighted by Gasteiger charge is -2.30. The van der Waals surface area contributed by atoms with Crippen molar-refractivity contribution >= 4 is 49.4 Å². The first-order chi connectivity index (χ1) is 24.4. The van der Waals surface area contributed by atoms with Crippen LogP contribution in [0.4, 0.5) is 0 Å². The Bertz CT molecular complexity index is 3020. The van der Waals surface area contributed by atoms with E-state index in [4.69, 9.17) is 4.98 Å². The molecule has 2 aliphatic rings. The van der Waals surface area contributed by atoms with E-state index in [9.17, 15) is 0 Å². The molecule has 0 aliphatic heterocycles. The van der Waals surface area contributed by atoms with Crippen molar-refractivity contribution in [1.29, 1.82) is 0 Å². The van der Waals surface area contributed by atoms with Crippen LogP contribution in [0.2, 0.25) is 0 Å². The second kappa shape index (κ2) is 8.91. The van der Waals surface area contributed by atoms with E-state index < -0.39 is 5.41 Å². The van der Waals surface area contributed by atoms with Crippen LogP contribution in [0.1, 0.15) is 22.3 Å². The van der Waals surface area contributed by atoms with E-state index in [0.717, 1.165) is 38.6 Å². The maximum Gasteiger partial charge on any atom is 0.151 e. The first-order valence-electron chi connectivity index (χ1n) is 17.0. The van der Waals surface area contributed by atoms with Gasteiger partial charge in [-0.25, -0.2) is 4.98 Å². The van der Waals surface area contributed by atoms with Gasteiger partial charge < -0.3 is 0 Å². The summed E-state index contributed by atoms with van der Waals surface area (Å²) >= 11 is 0. The smallest absolute Gasteiger partial charge is 0.151 e. The third-order valence-electron chi connectivity index (χ3n) is 11.3. The van der Waals surface area contributed by atoms with Crippen molar-refractivity contribution < 1.29 is 0 Å². The normalized spacial score (nSPS) is 13.9. The zero-order chi connectivity index (χ0) is 31.8. The lowest BCUT2D eigenvalue weighted by molar-refractivity contribution is 0.793. The summed E-state index contributed by atoms with van der Waals surface area (Å²) in [5.41, 5.74) is 16.8. The standard InChI is InChI=1S/C46H27N3/c1-2-18-32-28(14-1)31-17-6-11-25-39(31)49-44(32)47-43-34-20-7-12-26-40(34)48(45(43)49)41-27-13-24-38-42(41)33-19-5-10-23-37(33)46(38)35-21-8-3-15-29(35)30-16-4-9-22-36(30)46/h1-27H. The molecule has 0 fully saturated rings. The molecule has 0 radical (unpaired) electrons. The summed E-state index contributed by atoms with van der Waals surface area (Å²) in [6.07, 6.45) is 0. The molecule has 1 spiro atoms. The van der Waals surface area contributed by atoms with Gasteiger partial charge in [-0.15, -0.1) is 0 Å². The van der Waals surface area contributed by atoms with Gasteiger partial charge >= 0.3 is 0 Å². The lowest BCUT2D eigenvalue weighted by Crippen LogP contribution is -2.25. The van der Waals surface area contributed by atoms with E-state index in [1.807, 2.05) is 0 Å². The highest BCUT2D eigenvalue weighted by Gasteiger charge is 2.52. The summed E-state index contributed by atoms with van der Waals surface area (Å²) in [6.45, 7) is 0. The number of aromatic nitrogens is 3. The Kier molecular flexibility index (Phi) is 4.66. The molecule has 3 heteroatoms. The highest BCUT2D eigenvalue weighted by molar-refractivity contribution is 6.17. The first kappa shape index (κ1) is 25.6. The van der Waals surface area contributed by atoms with Crippen LogP contribution < -0.4 is 0 Å². The number of para-hydroxylation sites is 2. The minimum absolute atomic E-state index is 0.403. The van der Waals surface area contributed by atoms with Crippen molar-refractivity contribution in [3.63, 3.8) is 0 Å². The molecule has 0 N–H and O–H groups in total. The summed E-state index contributed by atoms with van der Waals surface area (Å²) in [7, 11) is 0. The number of rotatable bonds is 1. The molecule has 7 aromatic carbocycles. The third-order valence-corrected chi connectivity index (χ3v) is 11.3. The predicted molar refractivity (Wildman–Crippen MR) is 201 cm³/mol. The Labute approximate surface area is 281 Å². The van der Waals surface area contributed by atoms with E-state index in [1.165, 1.54) is 61.0 Å². The molecule has 0 saturated heterocycles. The van der Waals surface area contributed by atoms with E-state index in [-0.39, 0.29) is 0 Å². The van der Waals surface area contributed by atoms with Gasteiger partial charge in [0, 0.05) is 21.7 Å². The maximum absolute atomic E-state index is 5.48. The van der Waals surface area contributed by atoms with Gasteiger partial charge in [0.15, 0.2) is 5.65 Å². The highest BCUT2D eigenvalue weighted by Crippen LogP contribution is 2.63. The molecule has 10 aromatic rings. The van der Waals surface area contributed by atoms with Gasteiger partial charge in [-0.3, -0.25) is 8.97 Å². The number of fused-ring (bicyclic) bond motifs is 20. The fourth-order valence-corrected chi connectivity index (χ4v) is 9.55. The molecule has 0 saturated carbocycles. The van der Waals surface area contributed by atoms with E-state index in [2.05, 4.69) is 173 Å². The maximum atomic E-state index is 5.48. The molecule has 3 aromatic heterocycles. The fraction of sp³-hybridized carbons (Fsp3) is 0.0217. The topological polar surface area (TPSA) is 22.2 Å². The predicted octanol–water partition coefficient (Wildman–Crippen LogP) is 11.1. The zero-order valence-corrected chi connectivity index (χ0v) is 26.4. The summed E-state index contributed by atoms with van der Waals surface area (Å²) in [5.74, 6) is 0. The number of hydrogen-bond donors (Lipinski definition) is 0. The monoisotopic (exact) mass is 621 g/mol. The van der Waals surface area contributed by atoms with E-state index in [1.54, 1.807) is 0 Å². The quantitative estimate of drug-likeness (QED) is 0.167. The third kappa shape index (κ3) is 2.91. The second-order valence-electron chi connectivity index (χ2n) is 13.4. The SMILES string of the molecule is c1ccc2c(c1)-c1ccccc1C21c2ccccc2-c2c(-n3c4ccccc4c4nc5c6ccccc6c6ccccc6n5c43)cccc21. The van der Waals surface area contributed by atoms with Crippen molar-refractivity contribution in [2.24, 2.45) is 0 Å². The average molecular weight is 622 g/mol. The van der Waals surface area contributed by atoms with Crippen LogP contribution >= 0.6 is 0 Å². The number of pyridine rings is 1. The van der Waals surface area contributed by atoms with Crippen LogP contribution in [0, 0.1) is 0 Å². The largest absolute Gasteiger partial charge is 0.293 e. The Balaban J connectivity index is 1.29. The highest BCUT2D eigenvalue weighted by atomic mass is 15.2. The molecular weight excluding hydrogens is 595 g/mol. The summed E-state index contributed by atoms with van der Waals surface area (Å²) in [5, 5.41) is 4.77. The number of nitrogens with zero attached hydrogens (tertiary/aromatic N) is 3. The van der Waals surface area contributed by atoms with Crippen molar-refractivity contribution in [1.82, 2.24) is 14.0 Å². The fourth-order valence-electron chi connectivity index (χ4n) is 9.55. The van der Waals surface area contributed by atoms with E-state index >= 15 is 0 Å². The van der Waals surface area contributed by atoms with Gasteiger partial charge in [0.1, 0.15) is 11.2 Å². The van der Waals surface area contributed by atoms with Crippen LogP contribution in [0.3, 0.4) is 0 Å². The molecule has 2 aliphatic carbocycles. The summed E-state index contributed by atoms with van der Waals surface area (Å²) < 4.78 is 4.90. The van der Waals surface area contributed by atoms with Crippen LogP contribution in [0.15, 0.2) is 164 Å². The van der Waals surface area contributed by atoms with Crippen LogP contribution in [-0.2, 0) is 5.41 Å². The second-order valence-corrected chi connectivity index (χ2v) is 13.4. The van der Waals surface area contributed by atoms with Crippen molar-refractivity contribution in [2.45, 2.75) is 5.41 Å². The Morgan fingerprint density at radius 3 is 1.67 bits per heavy atom. The van der Waals surface area contributed by atoms with Crippen molar-refractivity contribution in [2.75, 3.05) is 0 Å². The Morgan fingerprint density at radius 1 is 0.408 bits per heavy atom.